The van der Waals surface area contributed by atoms with E-state index in [2.05, 4.69) is 4.74 Å². The van der Waals surface area contributed by atoms with Crippen LogP contribution in [0.1, 0.15) is 13.3 Å². The average Bonchev–Trinajstić information content (AvgIpc) is 2.00. The summed E-state index contributed by atoms with van der Waals surface area (Å²) in [7, 11) is 1.09. The molecular formula is C7H11NO4. The van der Waals surface area contributed by atoms with Crippen LogP contribution < -0.4 is 0 Å². The van der Waals surface area contributed by atoms with Crippen molar-refractivity contribution in [1.82, 2.24) is 0 Å². The van der Waals surface area contributed by atoms with Crippen LogP contribution in [0.5, 0.6) is 0 Å². The molecule has 0 spiro atoms. The lowest BCUT2D eigenvalue weighted by Crippen LogP contribution is -2.26. The molecule has 0 aliphatic carbocycles. The van der Waals surface area contributed by atoms with Crippen LogP contribution in [-0.2, 0) is 14.3 Å². The van der Waals surface area contributed by atoms with Gasteiger partial charge >= 0.3 is 5.97 Å². The van der Waals surface area contributed by atoms with Gasteiger partial charge in [0, 0.05) is 6.42 Å². The van der Waals surface area contributed by atoms with Gasteiger partial charge in [-0.3, -0.25) is 10.2 Å². The number of aliphatic hydroxyl groups is 1. The summed E-state index contributed by atoms with van der Waals surface area (Å²) in [6.45, 7) is 1.41. The van der Waals surface area contributed by atoms with Crippen molar-refractivity contribution in [1.29, 1.82) is 5.41 Å². The lowest BCUT2D eigenvalue weighted by Gasteiger charge is -2.02. The van der Waals surface area contributed by atoms with Crippen molar-refractivity contribution in [3.8, 4) is 0 Å². The van der Waals surface area contributed by atoms with Gasteiger partial charge in [0.2, 0.25) is 0 Å². The number of aliphatic hydroxyl groups excluding tert-OH is 1. The Balaban J connectivity index is 4.12. The smallest absolute Gasteiger partial charge is 0.359 e. The van der Waals surface area contributed by atoms with Crippen molar-refractivity contribution in [2.75, 3.05) is 7.11 Å². The van der Waals surface area contributed by atoms with E-state index < -0.39 is 23.6 Å². The van der Waals surface area contributed by atoms with Gasteiger partial charge in [0.05, 0.1) is 13.2 Å². The Morgan fingerprint density at radius 1 is 1.58 bits per heavy atom. The summed E-state index contributed by atoms with van der Waals surface area (Å²) < 4.78 is 4.15. The predicted molar refractivity (Wildman–Crippen MR) is 41.0 cm³/mol. The van der Waals surface area contributed by atoms with Gasteiger partial charge in [-0.25, -0.2) is 4.79 Å². The van der Waals surface area contributed by atoms with Crippen LogP contribution in [0.2, 0.25) is 0 Å². The molecule has 5 heteroatoms. The SMILES string of the molecule is COC(=O)C(=N)C(=O)CC(C)O. The zero-order valence-corrected chi connectivity index (χ0v) is 6.96. The number of methoxy groups -OCH3 is 1. The van der Waals surface area contributed by atoms with Crippen molar-refractivity contribution in [2.45, 2.75) is 19.4 Å². The summed E-state index contributed by atoms with van der Waals surface area (Å²) in [5.74, 6) is -1.68. The van der Waals surface area contributed by atoms with Gasteiger partial charge in [0.15, 0.2) is 11.5 Å². The number of ketones is 1. The Morgan fingerprint density at radius 3 is 2.42 bits per heavy atom. The highest BCUT2D eigenvalue weighted by molar-refractivity contribution is 6.63. The molecule has 0 rings (SSSR count). The summed E-state index contributed by atoms with van der Waals surface area (Å²) in [6, 6.07) is 0. The second-order valence-corrected chi connectivity index (χ2v) is 2.34. The minimum absolute atomic E-state index is 0.228. The molecule has 0 aliphatic rings. The lowest BCUT2D eigenvalue weighted by atomic mass is 10.1. The van der Waals surface area contributed by atoms with Crippen molar-refractivity contribution < 1.29 is 19.4 Å². The Bertz CT molecular complexity index is 209. The number of nitrogens with one attached hydrogen (secondary N) is 1. The van der Waals surface area contributed by atoms with E-state index in [9.17, 15) is 9.59 Å². The molecule has 0 aromatic rings. The zero-order chi connectivity index (χ0) is 9.72. The van der Waals surface area contributed by atoms with Gasteiger partial charge in [0.1, 0.15) is 0 Å². The molecule has 0 fully saturated rings. The third-order valence-corrected chi connectivity index (χ3v) is 1.15. The fourth-order valence-corrected chi connectivity index (χ4v) is 0.586. The second-order valence-electron chi connectivity index (χ2n) is 2.34. The number of hydrogen-bond donors (Lipinski definition) is 2. The highest BCUT2D eigenvalue weighted by Gasteiger charge is 2.19. The van der Waals surface area contributed by atoms with Crippen molar-refractivity contribution in [3.63, 3.8) is 0 Å². The molecule has 0 amide bonds. The maximum atomic E-state index is 10.9. The molecule has 0 heterocycles. The van der Waals surface area contributed by atoms with E-state index in [1.165, 1.54) is 6.92 Å². The highest BCUT2D eigenvalue weighted by Crippen LogP contribution is 1.94. The molecule has 0 bridgehead atoms. The fourth-order valence-electron chi connectivity index (χ4n) is 0.586. The van der Waals surface area contributed by atoms with Gasteiger partial charge in [-0.2, -0.15) is 0 Å². The minimum atomic E-state index is -0.972. The number of carbonyl (C=O) groups excluding carboxylic acids is 2. The molecule has 0 saturated heterocycles. The van der Waals surface area contributed by atoms with Crippen LogP contribution >= 0.6 is 0 Å². The Kier molecular flexibility index (Phi) is 4.14. The van der Waals surface area contributed by atoms with Crippen LogP contribution in [0.25, 0.3) is 0 Å². The van der Waals surface area contributed by atoms with Gasteiger partial charge in [-0.05, 0) is 6.92 Å². The molecule has 0 aliphatic heterocycles. The van der Waals surface area contributed by atoms with E-state index in [0.717, 1.165) is 7.11 Å². The molecule has 0 aromatic carbocycles. The topological polar surface area (TPSA) is 87.5 Å². The summed E-state index contributed by atoms with van der Waals surface area (Å²) >= 11 is 0. The third-order valence-electron chi connectivity index (χ3n) is 1.15. The number of ether oxygens (including phenoxy) is 1. The number of rotatable bonds is 4. The first-order chi connectivity index (χ1) is 5.49. The van der Waals surface area contributed by atoms with Crippen molar-refractivity contribution in [2.24, 2.45) is 0 Å². The Labute approximate surface area is 69.8 Å². The Morgan fingerprint density at radius 2 is 2.08 bits per heavy atom. The monoisotopic (exact) mass is 173 g/mol. The predicted octanol–water partition coefficient (Wildman–Crippen LogP) is -0.481. The number of hydrogen-bond acceptors (Lipinski definition) is 5. The molecule has 5 nitrogen and oxygen atoms in total. The third kappa shape index (κ3) is 3.25. The maximum absolute atomic E-state index is 10.9. The van der Waals surface area contributed by atoms with Crippen LogP contribution in [0, 0.1) is 5.41 Å². The first-order valence-electron chi connectivity index (χ1n) is 3.37. The molecule has 1 unspecified atom stereocenters. The van der Waals surface area contributed by atoms with Gasteiger partial charge in [-0.1, -0.05) is 0 Å². The molecule has 1 atom stereocenters. The van der Waals surface area contributed by atoms with Gasteiger partial charge in [-0.15, -0.1) is 0 Å². The molecule has 0 aromatic heterocycles. The molecule has 68 valence electrons. The zero-order valence-electron chi connectivity index (χ0n) is 6.96. The molecule has 0 radical (unpaired) electrons. The van der Waals surface area contributed by atoms with Crippen LogP contribution in [0.4, 0.5) is 0 Å². The van der Waals surface area contributed by atoms with E-state index in [0.29, 0.717) is 0 Å². The van der Waals surface area contributed by atoms with Crippen molar-refractivity contribution in [3.05, 3.63) is 0 Å². The fraction of sp³-hybridized carbons (Fsp3) is 0.571. The molecular weight excluding hydrogens is 162 g/mol. The molecule has 12 heavy (non-hydrogen) atoms. The van der Waals surface area contributed by atoms with Crippen LogP contribution in [0.3, 0.4) is 0 Å². The summed E-state index contributed by atoms with van der Waals surface area (Å²) in [5, 5.41) is 15.7. The molecule has 2 N–H and O–H groups in total. The number of Topliss-reactive ketones (excluding diaryl/α,β-unsaturated/α-hetero) is 1. The van der Waals surface area contributed by atoms with E-state index in [1.807, 2.05) is 0 Å². The van der Waals surface area contributed by atoms with Crippen molar-refractivity contribution >= 4 is 17.5 Å². The van der Waals surface area contributed by atoms with Gasteiger partial charge < -0.3 is 9.84 Å². The number of carbonyl (C=O) groups is 2. The summed E-state index contributed by atoms with van der Waals surface area (Å²) in [5.41, 5.74) is -0.724. The van der Waals surface area contributed by atoms with E-state index >= 15 is 0 Å². The van der Waals surface area contributed by atoms with E-state index in [1.54, 1.807) is 0 Å². The molecule has 0 saturated carbocycles. The van der Waals surface area contributed by atoms with Crippen LogP contribution in [0.15, 0.2) is 0 Å². The van der Waals surface area contributed by atoms with E-state index in [-0.39, 0.29) is 6.42 Å². The van der Waals surface area contributed by atoms with Crippen LogP contribution in [-0.4, -0.2) is 35.8 Å². The first kappa shape index (κ1) is 10.8. The second kappa shape index (κ2) is 4.61. The standard InChI is InChI=1S/C7H11NO4/c1-4(9)3-5(10)6(8)7(11)12-2/h4,8-9H,3H2,1-2H3. The minimum Gasteiger partial charge on any atom is -0.464 e. The highest BCUT2D eigenvalue weighted by atomic mass is 16.5. The first-order valence-corrected chi connectivity index (χ1v) is 3.37. The number of esters is 1. The maximum Gasteiger partial charge on any atom is 0.359 e. The summed E-state index contributed by atoms with van der Waals surface area (Å²) in [4.78, 5) is 21.5. The quantitative estimate of drug-likeness (QED) is 0.341. The largest absolute Gasteiger partial charge is 0.464 e. The summed E-state index contributed by atoms with van der Waals surface area (Å²) in [6.07, 6.45) is -1.07. The van der Waals surface area contributed by atoms with Gasteiger partial charge in [0.25, 0.3) is 0 Å². The van der Waals surface area contributed by atoms with E-state index in [4.69, 9.17) is 10.5 Å². The Hall–Kier alpha value is -1.23. The normalized spacial score (nSPS) is 11.9. The average molecular weight is 173 g/mol. The lowest BCUT2D eigenvalue weighted by molar-refractivity contribution is -0.133.